The number of rotatable bonds is 4. The summed E-state index contributed by atoms with van der Waals surface area (Å²) in [5, 5.41) is 8.17. The Morgan fingerprint density at radius 2 is 1.66 bits per heavy atom. The molecule has 0 spiro atoms. The first-order valence-corrected chi connectivity index (χ1v) is 9.43. The smallest absolute Gasteiger partial charge is 0.281 e. The zero-order valence-corrected chi connectivity index (χ0v) is 16.1. The van der Waals surface area contributed by atoms with Gasteiger partial charge in [0, 0.05) is 16.7 Å². The van der Waals surface area contributed by atoms with Gasteiger partial charge in [-0.05, 0) is 31.2 Å². The molecule has 9 heteroatoms. The predicted molar refractivity (Wildman–Crippen MR) is 107 cm³/mol. The predicted octanol–water partition coefficient (Wildman–Crippen LogP) is 3.24. The molecule has 2 heterocycles. The summed E-state index contributed by atoms with van der Waals surface area (Å²) in [6.45, 7) is 1.76. The molecule has 0 saturated heterocycles. The maximum absolute atomic E-state index is 12.5. The van der Waals surface area contributed by atoms with Crippen LogP contribution in [0.2, 0.25) is 0 Å². The number of nitrogens with zero attached hydrogens (tertiary/aromatic N) is 3. The van der Waals surface area contributed by atoms with E-state index in [1.54, 1.807) is 31.2 Å². The molecule has 0 aliphatic carbocycles. The van der Waals surface area contributed by atoms with Crippen molar-refractivity contribution in [1.29, 1.82) is 0 Å². The third kappa shape index (κ3) is 4.04. The van der Waals surface area contributed by atoms with Crippen LogP contribution >= 0.6 is 11.3 Å². The van der Waals surface area contributed by atoms with E-state index in [0.29, 0.717) is 27.6 Å². The van der Waals surface area contributed by atoms with Gasteiger partial charge >= 0.3 is 0 Å². The summed E-state index contributed by atoms with van der Waals surface area (Å²) in [5.74, 6) is -0.501. The van der Waals surface area contributed by atoms with Gasteiger partial charge in [-0.25, -0.2) is 4.98 Å². The van der Waals surface area contributed by atoms with E-state index in [0.717, 1.165) is 10.6 Å². The van der Waals surface area contributed by atoms with Gasteiger partial charge < -0.3 is 4.42 Å². The molecule has 2 aromatic carbocycles. The Kier molecular flexibility index (Phi) is 5.12. The van der Waals surface area contributed by atoms with Gasteiger partial charge in [0.2, 0.25) is 12.3 Å². The molecule has 0 aliphatic rings. The number of carbonyl (C=O) groups is 2. The van der Waals surface area contributed by atoms with Crippen molar-refractivity contribution in [3.63, 3.8) is 0 Å². The molecule has 2 aromatic heterocycles. The van der Waals surface area contributed by atoms with Gasteiger partial charge in [-0.2, -0.15) is 0 Å². The SMILES string of the molecule is Cc1nc(-c2ccccc2)sc1C(=O)NNC(=O)c1ccc(-c2nnco2)cc1. The summed E-state index contributed by atoms with van der Waals surface area (Å²) >= 11 is 1.27. The Labute approximate surface area is 169 Å². The molecule has 4 rings (SSSR count). The fourth-order valence-electron chi connectivity index (χ4n) is 2.62. The molecule has 2 amide bonds. The highest BCUT2D eigenvalue weighted by molar-refractivity contribution is 7.17. The first kappa shape index (κ1) is 18.5. The van der Waals surface area contributed by atoms with Crippen molar-refractivity contribution in [1.82, 2.24) is 26.0 Å². The Morgan fingerprint density at radius 3 is 2.34 bits per heavy atom. The summed E-state index contributed by atoms with van der Waals surface area (Å²) in [6, 6.07) is 16.2. The van der Waals surface area contributed by atoms with Crippen LogP contribution in [0.15, 0.2) is 65.4 Å². The molecule has 4 aromatic rings. The number of hydrogen-bond donors (Lipinski definition) is 2. The fraction of sp³-hybridized carbons (Fsp3) is 0.0500. The molecule has 0 saturated carbocycles. The summed E-state index contributed by atoms with van der Waals surface area (Å²) in [5.41, 5.74) is 7.46. The first-order valence-electron chi connectivity index (χ1n) is 8.62. The lowest BCUT2D eigenvalue weighted by Crippen LogP contribution is -2.41. The van der Waals surface area contributed by atoms with Crippen LogP contribution < -0.4 is 10.9 Å². The van der Waals surface area contributed by atoms with Crippen LogP contribution in [0.4, 0.5) is 0 Å². The fourth-order valence-corrected chi connectivity index (χ4v) is 3.58. The van der Waals surface area contributed by atoms with E-state index in [4.69, 9.17) is 4.42 Å². The second-order valence-corrected chi connectivity index (χ2v) is 7.03. The molecule has 144 valence electrons. The van der Waals surface area contributed by atoms with Gasteiger partial charge in [-0.1, -0.05) is 30.3 Å². The minimum atomic E-state index is -0.444. The number of amides is 2. The summed E-state index contributed by atoms with van der Waals surface area (Å²) in [6.07, 6.45) is 1.23. The van der Waals surface area contributed by atoms with Crippen molar-refractivity contribution in [3.05, 3.63) is 77.1 Å². The van der Waals surface area contributed by atoms with E-state index in [1.165, 1.54) is 17.7 Å². The van der Waals surface area contributed by atoms with E-state index in [2.05, 4.69) is 26.0 Å². The maximum Gasteiger partial charge on any atom is 0.281 e. The highest BCUT2D eigenvalue weighted by Crippen LogP contribution is 2.27. The lowest BCUT2D eigenvalue weighted by Gasteiger charge is -2.07. The highest BCUT2D eigenvalue weighted by Gasteiger charge is 2.17. The monoisotopic (exact) mass is 405 g/mol. The molecule has 29 heavy (non-hydrogen) atoms. The zero-order valence-electron chi connectivity index (χ0n) is 15.2. The van der Waals surface area contributed by atoms with E-state index < -0.39 is 11.8 Å². The third-order valence-corrected chi connectivity index (χ3v) is 5.27. The Bertz CT molecular complexity index is 1140. The third-order valence-electron chi connectivity index (χ3n) is 4.07. The molecule has 2 N–H and O–H groups in total. The van der Waals surface area contributed by atoms with Crippen molar-refractivity contribution in [2.45, 2.75) is 6.92 Å². The molecule has 0 radical (unpaired) electrons. The number of aromatic nitrogens is 3. The summed E-state index contributed by atoms with van der Waals surface area (Å²) < 4.78 is 5.11. The van der Waals surface area contributed by atoms with E-state index >= 15 is 0 Å². The van der Waals surface area contributed by atoms with Crippen molar-refractivity contribution < 1.29 is 14.0 Å². The molecular formula is C20H15N5O3S. The van der Waals surface area contributed by atoms with Crippen LogP contribution in [0.25, 0.3) is 22.0 Å². The number of benzene rings is 2. The van der Waals surface area contributed by atoms with Crippen LogP contribution in [-0.4, -0.2) is 27.0 Å². The largest absolute Gasteiger partial charge is 0.423 e. The average Bonchev–Trinajstić information content (AvgIpc) is 3.43. The Hall–Kier alpha value is -3.85. The van der Waals surface area contributed by atoms with Crippen LogP contribution in [-0.2, 0) is 0 Å². The average molecular weight is 405 g/mol. The lowest BCUT2D eigenvalue weighted by molar-refractivity contribution is 0.0848. The lowest BCUT2D eigenvalue weighted by atomic mass is 10.1. The van der Waals surface area contributed by atoms with Crippen LogP contribution in [0.3, 0.4) is 0 Å². The number of thiazole rings is 1. The van der Waals surface area contributed by atoms with E-state index in [9.17, 15) is 9.59 Å². The number of nitrogens with one attached hydrogen (secondary N) is 2. The Balaban J connectivity index is 1.41. The molecule has 0 aliphatic heterocycles. The maximum atomic E-state index is 12.5. The summed E-state index contributed by atoms with van der Waals surface area (Å²) in [7, 11) is 0. The molecule has 0 unspecified atom stereocenters. The first-order chi connectivity index (χ1) is 14.1. The topological polar surface area (TPSA) is 110 Å². The van der Waals surface area contributed by atoms with Crippen molar-refractivity contribution in [3.8, 4) is 22.0 Å². The second kappa shape index (κ2) is 8.03. The van der Waals surface area contributed by atoms with Gasteiger partial charge in [0.15, 0.2) is 0 Å². The van der Waals surface area contributed by atoms with E-state index in [-0.39, 0.29) is 0 Å². The molecular weight excluding hydrogens is 390 g/mol. The zero-order chi connectivity index (χ0) is 20.2. The quantitative estimate of drug-likeness (QED) is 0.505. The Morgan fingerprint density at radius 1 is 0.931 bits per heavy atom. The minimum Gasteiger partial charge on any atom is -0.423 e. The van der Waals surface area contributed by atoms with Gasteiger partial charge in [-0.3, -0.25) is 20.4 Å². The number of hydrogen-bond acceptors (Lipinski definition) is 7. The number of carbonyl (C=O) groups excluding carboxylic acids is 2. The standard InChI is InChI=1S/C20H15N5O3S/c1-12-16(29-20(22-12)15-5-3-2-4-6-15)18(27)24-23-17(26)13-7-9-14(10-8-13)19-25-21-11-28-19/h2-11H,1H3,(H,23,26)(H,24,27). The minimum absolute atomic E-state index is 0.361. The van der Waals surface area contributed by atoms with Gasteiger partial charge in [0.05, 0.1) is 5.69 Å². The van der Waals surface area contributed by atoms with E-state index in [1.807, 2.05) is 30.3 Å². The summed E-state index contributed by atoms with van der Waals surface area (Å²) in [4.78, 5) is 29.7. The second-order valence-electron chi connectivity index (χ2n) is 6.03. The van der Waals surface area contributed by atoms with Crippen LogP contribution in [0.5, 0.6) is 0 Å². The van der Waals surface area contributed by atoms with Crippen molar-refractivity contribution >= 4 is 23.2 Å². The van der Waals surface area contributed by atoms with Crippen molar-refractivity contribution in [2.75, 3.05) is 0 Å². The van der Waals surface area contributed by atoms with Crippen LogP contribution in [0.1, 0.15) is 25.7 Å². The van der Waals surface area contributed by atoms with Gasteiger partial charge in [0.25, 0.3) is 11.8 Å². The molecule has 8 nitrogen and oxygen atoms in total. The normalized spacial score (nSPS) is 10.5. The number of aryl methyl sites for hydroxylation is 1. The van der Waals surface area contributed by atoms with Gasteiger partial charge in [0.1, 0.15) is 9.88 Å². The molecule has 0 atom stereocenters. The van der Waals surface area contributed by atoms with Crippen molar-refractivity contribution in [2.24, 2.45) is 0 Å². The van der Waals surface area contributed by atoms with Gasteiger partial charge in [-0.15, -0.1) is 21.5 Å². The molecule has 0 fully saturated rings. The van der Waals surface area contributed by atoms with Crippen LogP contribution in [0, 0.1) is 6.92 Å². The number of hydrazine groups is 1. The highest BCUT2D eigenvalue weighted by atomic mass is 32.1. The molecule has 0 bridgehead atoms.